The number of rotatable bonds is 3. The molecule has 1 unspecified atom stereocenters. The molecule has 0 amide bonds. The number of ether oxygens (including phenoxy) is 1. The minimum atomic E-state index is 0.113. The van der Waals surface area contributed by atoms with Gasteiger partial charge in [0.15, 0.2) is 0 Å². The highest BCUT2D eigenvalue weighted by atomic mass is 79.9. The third-order valence-electron chi connectivity index (χ3n) is 4.69. The van der Waals surface area contributed by atoms with Crippen LogP contribution in [0.4, 0.5) is 0 Å². The van der Waals surface area contributed by atoms with Crippen LogP contribution in [-0.4, -0.2) is 17.0 Å². The van der Waals surface area contributed by atoms with Gasteiger partial charge in [-0.05, 0) is 64.2 Å². The summed E-state index contributed by atoms with van der Waals surface area (Å²) in [4.78, 5) is 0.472. The Kier molecular flexibility index (Phi) is 5.09. The molecular weight excluding hydrogens is 396 g/mol. The van der Waals surface area contributed by atoms with Gasteiger partial charge in [-0.25, -0.2) is 0 Å². The molecule has 0 bridgehead atoms. The summed E-state index contributed by atoms with van der Waals surface area (Å²) in [5.74, 6) is 1.40. The first-order chi connectivity index (χ1) is 9.77. The molecule has 0 heterocycles. The van der Waals surface area contributed by atoms with Gasteiger partial charge in [0, 0.05) is 4.83 Å². The molecule has 2 atom stereocenters. The van der Waals surface area contributed by atoms with Gasteiger partial charge in [-0.1, -0.05) is 41.9 Å². The fourth-order valence-electron chi connectivity index (χ4n) is 3.13. The fourth-order valence-corrected chi connectivity index (χ4v) is 4.18. The number of methoxy groups -OCH3 is 1. The van der Waals surface area contributed by atoms with Gasteiger partial charge in [0.2, 0.25) is 0 Å². The van der Waals surface area contributed by atoms with Crippen molar-refractivity contribution in [2.24, 2.45) is 11.3 Å². The van der Waals surface area contributed by atoms with Crippen molar-refractivity contribution in [3.8, 4) is 11.5 Å². The largest absolute Gasteiger partial charge is 0.508 e. The van der Waals surface area contributed by atoms with E-state index < -0.39 is 0 Å². The van der Waals surface area contributed by atoms with E-state index in [1.54, 1.807) is 13.2 Å². The van der Waals surface area contributed by atoms with Crippen molar-refractivity contribution in [3.63, 3.8) is 0 Å². The zero-order valence-corrected chi connectivity index (χ0v) is 15.9. The van der Waals surface area contributed by atoms with Gasteiger partial charge >= 0.3 is 0 Å². The minimum absolute atomic E-state index is 0.113. The standard InChI is InChI=1S/C17H22Br2O2/c1-10-5-6-16(19)17(2,3)12(10)7-11-8-15(21-4)13(18)9-14(11)20/h8-9,12,16,20H,1,5-7H2,2-4H3/t12-,16?/m1/s1. The number of halogens is 2. The van der Waals surface area contributed by atoms with Crippen LogP contribution in [0, 0.1) is 11.3 Å². The lowest BCUT2D eigenvalue weighted by molar-refractivity contribution is 0.201. The second-order valence-corrected chi connectivity index (χ2v) is 8.32. The Labute approximate surface area is 143 Å². The number of hydrogen-bond donors (Lipinski definition) is 1. The van der Waals surface area contributed by atoms with Crippen LogP contribution in [0.3, 0.4) is 0 Å². The van der Waals surface area contributed by atoms with E-state index in [0.717, 1.165) is 35.0 Å². The van der Waals surface area contributed by atoms with Crippen molar-refractivity contribution >= 4 is 31.9 Å². The Hall–Kier alpha value is -0.480. The van der Waals surface area contributed by atoms with Gasteiger partial charge < -0.3 is 9.84 Å². The summed E-state index contributed by atoms with van der Waals surface area (Å²) >= 11 is 7.21. The van der Waals surface area contributed by atoms with E-state index in [1.165, 1.54) is 5.57 Å². The molecule has 0 spiro atoms. The van der Waals surface area contributed by atoms with Crippen LogP contribution in [0.1, 0.15) is 32.3 Å². The summed E-state index contributed by atoms with van der Waals surface area (Å²) in [6.45, 7) is 8.81. The van der Waals surface area contributed by atoms with Crippen molar-refractivity contribution in [2.75, 3.05) is 7.11 Å². The lowest BCUT2D eigenvalue weighted by atomic mass is 9.64. The highest BCUT2D eigenvalue weighted by molar-refractivity contribution is 9.10. The monoisotopic (exact) mass is 416 g/mol. The maximum absolute atomic E-state index is 10.2. The lowest BCUT2D eigenvalue weighted by Crippen LogP contribution is -2.39. The molecule has 1 aliphatic rings. The third kappa shape index (κ3) is 3.31. The number of allylic oxidation sites excluding steroid dienone is 1. The fraction of sp³-hybridized carbons (Fsp3) is 0.529. The van der Waals surface area contributed by atoms with Crippen molar-refractivity contribution in [2.45, 2.75) is 37.9 Å². The SMILES string of the molecule is C=C1CCC(Br)C(C)(C)[C@@H]1Cc1cc(OC)c(Br)cc1O. The second kappa shape index (κ2) is 6.33. The first-order valence-electron chi connectivity index (χ1n) is 7.14. The number of phenols is 1. The molecule has 0 radical (unpaired) electrons. The van der Waals surface area contributed by atoms with Crippen molar-refractivity contribution < 1.29 is 9.84 Å². The molecule has 1 aromatic rings. The summed E-state index contributed by atoms with van der Waals surface area (Å²) in [5, 5.41) is 10.2. The van der Waals surface area contributed by atoms with E-state index in [1.807, 2.05) is 6.07 Å². The topological polar surface area (TPSA) is 29.5 Å². The first-order valence-corrected chi connectivity index (χ1v) is 8.85. The molecule has 1 fully saturated rings. The molecule has 0 aliphatic heterocycles. The molecule has 0 saturated heterocycles. The summed E-state index contributed by atoms with van der Waals surface area (Å²) in [6, 6.07) is 3.62. The Balaban J connectivity index is 2.34. The molecule has 0 aromatic heterocycles. The first kappa shape index (κ1) is 16.9. The second-order valence-electron chi connectivity index (χ2n) is 6.36. The summed E-state index contributed by atoms with van der Waals surface area (Å²) in [6.07, 6.45) is 2.94. The van der Waals surface area contributed by atoms with Gasteiger partial charge in [-0.3, -0.25) is 0 Å². The number of hydrogen-bond acceptors (Lipinski definition) is 2. The van der Waals surface area contributed by atoms with E-state index in [9.17, 15) is 5.11 Å². The van der Waals surface area contributed by atoms with Crippen molar-refractivity contribution in [1.82, 2.24) is 0 Å². The third-order valence-corrected chi connectivity index (χ3v) is 6.95. The molecule has 1 aliphatic carbocycles. The molecule has 2 nitrogen and oxygen atoms in total. The summed E-state index contributed by atoms with van der Waals surface area (Å²) in [5.41, 5.74) is 2.30. The highest BCUT2D eigenvalue weighted by Gasteiger charge is 2.41. The number of aromatic hydroxyl groups is 1. The highest BCUT2D eigenvalue weighted by Crippen LogP contribution is 2.49. The number of benzene rings is 1. The molecular formula is C17H22Br2O2. The molecule has 21 heavy (non-hydrogen) atoms. The Bertz CT molecular complexity index is 552. The van der Waals surface area contributed by atoms with E-state index in [0.29, 0.717) is 16.5 Å². The summed E-state index contributed by atoms with van der Waals surface area (Å²) in [7, 11) is 1.64. The maximum atomic E-state index is 10.2. The summed E-state index contributed by atoms with van der Waals surface area (Å²) < 4.78 is 6.11. The Morgan fingerprint density at radius 1 is 1.43 bits per heavy atom. The molecule has 2 rings (SSSR count). The average Bonchev–Trinajstić information content (AvgIpc) is 2.41. The van der Waals surface area contributed by atoms with Crippen LogP contribution in [-0.2, 0) is 6.42 Å². The van der Waals surface area contributed by atoms with Gasteiger partial charge in [-0.15, -0.1) is 0 Å². The maximum Gasteiger partial charge on any atom is 0.133 e. The zero-order chi connectivity index (χ0) is 15.8. The predicted octanol–water partition coefficient (Wildman–Crippen LogP) is 5.46. The number of phenolic OH excluding ortho intramolecular Hbond substituents is 1. The van der Waals surface area contributed by atoms with Crippen LogP contribution in [0.15, 0.2) is 28.8 Å². The van der Waals surface area contributed by atoms with Crippen molar-refractivity contribution in [1.29, 1.82) is 0 Å². The normalized spacial score (nSPS) is 24.9. The lowest BCUT2D eigenvalue weighted by Gasteiger charge is -2.44. The Morgan fingerprint density at radius 3 is 2.71 bits per heavy atom. The number of alkyl halides is 1. The van der Waals surface area contributed by atoms with E-state index in [4.69, 9.17) is 4.74 Å². The van der Waals surface area contributed by atoms with Gasteiger partial charge in [0.05, 0.1) is 11.6 Å². The quantitative estimate of drug-likeness (QED) is 0.522. The van der Waals surface area contributed by atoms with Crippen LogP contribution in [0.25, 0.3) is 0 Å². The molecule has 1 aromatic carbocycles. The molecule has 1 N–H and O–H groups in total. The van der Waals surface area contributed by atoms with Crippen molar-refractivity contribution in [3.05, 3.63) is 34.3 Å². The average molecular weight is 418 g/mol. The molecule has 116 valence electrons. The van der Waals surface area contributed by atoms with Gasteiger partial charge in [0.25, 0.3) is 0 Å². The minimum Gasteiger partial charge on any atom is -0.508 e. The van der Waals surface area contributed by atoms with Gasteiger partial charge in [-0.2, -0.15) is 0 Å². The predicted molar refractivity (Wildman–Crippen MR) is 94.4 cm³/mol. The van der Waals surface area contributed by atoms with Crippen LogP contribution in [0.5, 0.6) is 11.5 Å². The van der Waals surface area contributed by atoms with E-state index in [-0.39, 0.29) is 5.41 Å². The van der Waals surface area contributed by atoms with E-state index >= 15 is 0 Å². The Morgan fingerprint density at radius 2 is 2.10 bits per heavy atom. The zero-order valence-electron chi connectivity index (χ0n) is 12.7. The smallest absolute Gasteiger partial charge is 0.133 e. The van der Waals surface area contributed by atoms with Gasteiger partial charge in [0.1, 0.15) is 11.5 Å². The molecule has 4 heteroatoms. The molecule has 1 saturated carbocycles. The van der Waals surface area contributed by atoms with Crippen LogP contribution >= 0.6 is 31.9 Å². The van der Waals surface area contributed by atoms with Crippen LogP contribution in [0.2, 0.25) is 0 Å². The van der Waals surface area contributed by atoms with E-state index in [2.05, 4.69) is 52.3 Å². The van der Waals surface area contributed by atoms with Crippen LogP contribution < -0.4 is 4.74 Å².